The van der Waals surface area contributed by atoms with Crippen molar-refractivity contribution in [3.63, 3.8) is 0 Å². The van der Waals surface area contributed by atoms with Crippen LogP contribution < -0.4 is 4.90 Å². The maximum atomic E-state index is 2.31. The van der Waals surface area contributed by atoms with Crippen molar-refractivity contribution in [2.24, 2.45) is 0 Å². The summed E-state index contributed by atoms with van der Waals surface area (Å²) in [5.74, 6) is 0. The van der Waals surface area contributed by atoms with Crippen molar-refractivity contribution in [2.45, 2.75) is 46.0 Å². The number of hydrogen-bond acceptors (Lipinski definition) is 1. The van der Waals surface area contributed by atoms with Crippen LogP contribution in [0.25, 0.3) is 0 Å². The first kappa shape index (κ1) is 18.3. The van der Waals surface area contributed by atoms with E-state index in [2.05, 4.69) is 86.5 Å². The van der Waals surface area contributed by atoms with Gasteiger partial charge in [0.2, 0.25) is 0 Å². The van der Waals surface area contributed by atoms with Crippen LogP contribution in [-0.4, -0.2) is 13.6 Å². The van der Waals surface area contributed by atoms with Crippen molar-refractivity contribution in [1.29, 1.82) is 0 Å². The molecule has 0 aliphatic rings. The molecule has 0 spiro atoms. The SMILES string of the molecule is CCCCC.CN(CCCc1ccccc1)c1ccccc1. The number of para-hydroxylation sites is 1. The summed E-state index contributed by atoms with van der Waals surface area (Å²) in [5.41, 5.74) is 2.72. The van der Waals surface area contributed by atoms with Crippen molar-refractivity contribution >= 4 is 5.69 Å². The van der Waals surface area contributed by atoms with Crippen molar-refractivity contribution in [2.75, 3.05) is 18.5 Å². The molecule has 0 heterocycles. The van der Waals surface area contributed by atoms with E-state index in [1.165, 1.54) is 36.9 Å². The Morgan fingerprint density at radius 2 is 1.27 bits per heavy atom. The van der Waals surface area contributed by atoms with Gasteiger partial charge in [0.1, 0.15) is 0 Å². The molecule has 0 aliphatic carbocycles. The molecule has 0 radical (unpaired) electrons. The topological polar surface area (TPSA) is 3.24 Å². The summed E-state index contributed by atoms with van der Waals surface area (Å²) in [7, 11) is 2.15. The number of benzene rings is 2. The summed E-state index contributed by atoms with van der Waals surface area (Å²) in [6.07, 6.45) is 6.42. The Bertz CT molecular complexity index is 462. The summed E-state index contributed by atoms with van der Waals surface area (Å²) >= 11 is 0. The molecule has 0 saturated carbocycles. The first-order chi connectivity index (χ1) is 10.8. The smallest absolute Gasteiger partial charge is 0.0363 e. The van der Waals surface area contributed by atoms with Gasteiger partial charge in [0.25, 0.3) is 0 Å². The van der Waals surface area contributed by atoms with Crippen LogP contribution in [-0.2, 0) is 6.42 Å². The monoisotopic (exact) mass is 297 g/mol. The molecule has 0 aliphatic heterocycles. The van der Waals surface area contributed by atoms with Crippen LogP contribution in [0.2, 0.25) is 0 Å². The standard InChI is InChI=1S/C16H19N.C5H12/c1-17(16-12-6-3-7-13-16)14-8-11-15-9-4-2-5-10-15;1-3-5-4-2/h2-7,9-10,12-13H,8,11,14H2,1H3;3-5H2,1-2H3. The second kappa shape index (κ2) is 11.9. The van der Waals surface area contributed by atoms with Gasteiger partial charge in [-0.25, -0.2) is 0 Å². The lowest BCUT2D eigenvalue weighted by atomic mass is 10.1. The molecule has 0 aromatic heterocycles. The van der Waals surface area contributed by atoms with Gasteiger partial charge in [-0.2, -0.15) is 0 Å². The molecule has 0 atom stereocenters. The van der Waals surface area contributed by atoms with Crippen molar-refractivity contribution in [3.05, 3.63) is 66.2 Å². The molecular formula is C21H31N. The minimum Gasteiger partial charge on any atom is -0.375 e. The molecule has 22 heavy (non-hydrogen) atoms. The van der Waals surface area contributed by atoms with E-state index in [1.807, 2.05) is 0 Å². The minimum absolute atomic E-state index is 1.10. The predicted molar refractivity (Wildman–Crippen MR) is 99.7 cm³/mol. The first-order valence-corrected chi connectivity index (χ1v) is 8.58. The molecular weight excluding hydrogens is 266 g/mol. The van der Waals surface area contributed by atoms with E-state index in [-0.39, 0.29) is 0 Å². The zero-order valence-electron chi connectivity index (χ0n) is 14.5. The van der Waals surface area contributed by atoms with Gasteiger partial charge in [0.05, 0.1) is 0 Å². The molecule has 2 rings (SSSR count). The fraction of sp³-hybridized carbons (Fsp3) is 0.429. The lowest BCUT2D eigenvalue weighted by molar-refractivity contribution is 0.772. The molecule has 0 saturated heterocycles. The maximum absolute atomic E-state index is 2.31. The van der Waals surface area contributed by atoms with Crippen LogP contribution in [0.5, 0.6) is 0 Å². The van der Waals surface area contributed by atoms with E-state index in [1.54, 1.807) is 0 Å². The van der Waals surface area contributed by atoms with Gasteiger partial charge in [-0.3, -0.25) is 0 Å². The lowest BCUT2D eigenvalue weighted by Crippen LogP contribution is -2.18. The number of anilines is 1. The summed E-state index contributed by atoms with van der Waals surface area (Å²) in [6.45, 7) is 5.52. The largest absolute Gasteiger partial charge is 0.375 e. The quantitative estimate of drug-likeness (QED) is 0.610. The summed E-state index contributed by atoms with van der Waals surface area (Å²) in [5, 5.41) is 0. The Morgan fingerprint density at radius 3 is 1.77 bits per heavy atom. The van der Waals surface area contributed by atoms with Gasteiger partial charge in [0, 0.05) is 19.3 Å². The second-order valence-corrected chi connectivity index (χ2v) is 5.70. The Labute approximate surface area is 137 Å². The van der Waals surface area contributed by atoms with E-state index < -0.39 is 0 Å². The highest BCUT2D eigenvalue weighted by Crippen LogP contribution is 2.12. The summed E-state index contributed by atoms with van der Waals surface area (Å²) in [4.78, 5) is 2.31. The molecule has 2 aromatic carbocycles. The molecule has 1 nitrogen and oxygen atoms in total. The Kier molecular flexibility index (Phi) is 9.85. The third-order valence-electron chi connectivity index (χ3n) is 3.71. The van der Waals surface area contributed by atoms with Crippen LogP contribution in [0, 0.1) is 0 Å². The van der Waals surface area contributed by atoms with Crippen LogP contribution in [0.1, 0.15) is 45.1 Å². The Balaban J connectivity index is 0.000000422. The molecule has 120 valence electrons. The minimum atomic E-state index is 1.10. The average molecular weight is 297 g/mol. The highest BCUT2D eigenvalue weighted by Gasteiger charge is 1.99. The lowest BCUT2D eigenvalue weighted by Gasteiger charge is -2.18. The molecule has 0 unspecified atom stereocenters. The molecule has 0 bridgehead atoms. The molecule has 0 fully saturated rings. The summed E-state index contributed by atoms with van der Waals surface area (Å²) in [6, 6.07) is 21.2. The third-order valence-corrected chi connectivity index (χ3v) is 3.71. The van der Waals surface area contributed by atoms with Crippen molar-refractivity contribution in [1.82, 2.24) is 0 Å². The van der Waals surface area contributed by atoms with E-state index >= 15 is 0 Å². The fourth-order valence-electron chi connectivity index (χ4n) is 2.33. The average Bonchev–Trinajstić information content (AvgIpc) is 2.58. The third kappa shape index (κ3) is 7.87. The van der Waals surface area contributed by atoms with E-state index in [0.29, 0.717) is 0 Å². The van der Waals surface area contributed by atoms with Gasteiger partial charge in [-0.05, 0) is 30.5 Å². The van der Waals surface area contributed by atoms with Gasteiger partial charge in [-0.15, -0.1) is 0 Å². The number of hydrogen-bond donors (Lipinski definition) is 0. The van der Waals surface area contributed by atoms with Crippen LogP contribution in [0.4, 0.5) is 5.69 Å². The van der Waals surface area contributed by atoms with Gasteiger partial charge < -0.3 is 4.90 Å². The Morgan fingerprint density at radius 1 is 0.727 bits per heavy atom. The number of nitrogens with zero attached hydrogens (tertiary/aromatic N) is 1. The van der Waals surface area contributed by atoms with Crippen molar-refractivity contribution in [3.8, 4) is 0 Å². The van der Waals surface area contributed by atoms with Crippen LogP contribution >= 0.6 is 0 Å². The second-order valence-electron chi connectivity index (χ2n) is 5.70. The number of aryl methyl sites for hydroxylation is 1. The molecule has 2 aromatic rings. The highest BCUT2D eigenvalue weighted by atomic mass is 15.1. The number of rotatable bonds is 7. The van der Waals surface area contributed by atoms with Crippen LogP contribution in [0.3, 0.4) is 0 Å². The molecule has 0 N–H and O–H groups in total. The van der Waals surface area contributed by atoms with E-state index in [9.17, 15) is 0 Å². The van der Waals surface area contributed by atoms with Crippen LogP contribution in [0.15, 0.2) is 60.7 Å². The van der Waals surface area contributed by atoms with E-state index in [0.717, 1.165) is 13.0 Å². The van der Waals surface area contributed by atoms with Gasteiger partial charge in [-0.1, -0.05) is 81.6 Å². The predicted octanol–water partition coefficient (Wildman–Crippen LogP) is 5.95. The fourth-order valence-corrected chi connectivity index (χ4v) is 2.33. The zero-order valence-corrected chi connectivity index (χ0v) is 14.5. The maximum Gasteiger partial charge on any atom is 0.0363 e. The van der Waals surface area contributed by atoms with Gasteiger partial charge in [0.15, 0.2) is 0 Å². The number of unbranched alkanes of at least 4 members (excludes halogenated alkanes) is 2. The van der Waals surface area contributed by atoms with Gasteiger partial charge >= 0.3 is 0 Å². The molecule has 0 amide bonds. The summed E-state index contributed by atoms with van der Waals surface area (Å²) < 4.78 is 0. The normalized spacial score (nSPS) is 9.77. The van der Waals surface area contributed by atoms with E-state index in [4.69, 9.17) is 0 Å². The van der Waals surface area contributed by atoms with Crippen molar-refractivity contribution < 1.29 is 0 Å². The Hall–Kier alpha value is -1.76. The highest BCUT2D eigenvalue weighted by molar-refractivity contribution is 5.44. The first-order valence-electron chi connectivity index (χ1n) is 8.58. The zero-order chi connectivity index (χ0) is 16.0. The molecule has 1 heteroatoms.